The van der Waals surface area contributed by atoms with Gasteiger partial charge < -0.3 is 15.1 Å². The minimum atomic E-state index is -1.33. The lowest BCUT2D eigenvalue weighted by atomic mass is 9.95. The lowest BCUT2D eigenvalue weighted by Gasteiger charge is -2.26. The SMILES string of the molecule is Cl.O=C(O)CC(C(=O)O)C1C(=O)N=C2C=CC=CN21. The second-order valence-electron chi connectivity index (χ2n) is 3.90. The lowest BCUT2D eigenvalue weighted by molar-refractivity contribution is -0.151. The van der Waals surface area contributed by atoms with Gasteiger partial charge >= 0.3 is 11.9 Å². The number of aliphatic imine (C=N–C) groups is 1. The van der Waals surface area contributed by atoms with E-state index in [9.17, 15) is 14.4 Å². The molecule has 8 heteroatoms. The van der Waals surface area contributed by atoms with Crippen molar-refractivity contribution < 1.29 is 24.6 Å². The highest BCUT2D eigenvalue weighted by Gasteiger charge is 2.43. The molecule has 0 radical (unpaired) electrons. The molecule has 0 aromatic carbocycles. The zero-order valence-electron chi connectivity index (χ0n) is 9.59. The summed E-state index contributed by atoms with van der Waals surface area (Å²) in [6.07, 6.45) is 5.76. The van der Waals surface area contributed by atoms with Crippen LogP contribution in [0.5, 0.6) is 0 Å². The maximum Gasteiger partial charge on any atom is 0.309 e. The highest BCUT2D eigenvalue weighted by atomic mass is 35.5. The van der Waals surface area contributed by atoms with Gasteiger partial charge in [0.2, 0.25) is 0 Å². The largest absolute Gasteiger partial charge is 0.481 e. The molecule has 2 aliphatic rings. The van der Waals surface area contributed by atoms with Crippen molar-refractivity contribution in [2.24, 2.45) is 10.9 Å². The second kappa shape index (κ2) is 5.66. The quantitative estimate of drug-likeness (QED) is 0.768. The Labute approximate surface area is 114 Å². The van der Waals surface area contributed by atoms with Crippen LogP contribution < -0.4 is 0 Å². The molecule has 0 aromatic rings. The number of aliphatic carboxylic acids is 2. The van der Waals surface area contributed by atoms with Gasteiger partial charge in [0.1, 0.15) is 11.9 Å². The van der Waals surface area contributed by atoms with E-state index in [0.29, 0.717) is 5.84 Å². The van der Waals surface area contributed by atoms with Gasteiger partial charge in [-0.15, -0.1) is 12.4 Å². The van der Waals surface area contributed by atoms with Crippen LogP contribution >= 0.6 is 12.4 Å². The summed E-state index contributed by atoms with van der Waals surface area (Å²) in [4.78, 5) is 38.6. The maximum atomic E-state index is 11.7. The number of hydrogen-bond donors (Lipinski definition) is 2. The normalized spacial score (nSPS) is 21.5. The van der Waals surface area contributed by atoms with Gasteiger partial charge in [0.25, 0.3) is 5.91 Å². The molecule has 2 rings (SSSR count). The number of amidine groups is 1. The Kier molecular flexibility index (Phi) is 4.44. The Morgan fingerprint density at radius 3 is 2.63 bits per heavy atom. The zero-order chi connectivity index (χ0) is 13.3. The molecule has 0 bridgehead atoms. The van der Waals surface area contributed by atoms with Gasteiger partial charge in [-0.2, -0.15) is 4.99 Å². The summed E-state index contributed by atoms with van der Waals surface area (Å²) in [6.45, 7) is 0. The zero-order valence-corrected chi connectivity index (χ0v) is 10.4. The molecule has 0 spiro atoms. The predicted octanol–water partition coefficient (Wildman–Crippen LogP) is 0.276. The van der Waals surface area contributed by atoms with Crippen molar-refractivity contribution in [1.82, 2.24) is 4.90 Å². The summed E-state index contributed by atoms with van der Waals surface area (Å²) in [5.41, 5.74) is 0. The van der Waals surface area contributed by atoms with E-state index in [-0.39, 0.29) is 12.4 Å². The number of carboxylic acid groups (broad SMARTS) is 2. The number of amides is 1. The molecular weight excluding hydrogens is 276 g/mol. The molecule has 1 amide bonds. The van der Waals surface area contributed by atoms with Crippen LogP contribution in [0.2, 0.25) is 0 Å². The first kappa shape index (κ1) is 14.9. The first-order valence-corrected chi connectivity index (χ1v) is 5.21. The van der Waals surface area contributed by atoms with Crippen molar-refractivity contribution >= 4 is 36.1 Å². The van der Waals surface area contributed by atoms with Gasteiger partial charge in [-0.3, -0.25) is 14.4 Å². The number of fused-ring (bicyclic) bond motifs is 1. The van der Waals surface area contributed by atoms with Crippen LogP contribution in [-0.4, -0.2) is 44.8 Å². The Balaban J connectivity index is 0.00000180. The van der Waals surface area contributed by atoms with E-state index < -0.39 is 36.2 Å². The average Bonchev–Trinajstić information content (AvgIpc) is 2.61. The molecule has 2 heterocycles. The number of halogens is 1. The maximum absolute atomic E-state index is 11.7. The smallest absolute Gasteiger partial charge is 0.309 e. The van der Waals surface area contributed by atoms with Crippen LogP contribution in [0.25, 0.3) is 0 Å². The number of carbonyl (C=O) groups excluding carboxylic acids is 1. The van der Waals surface area contributed by atoms with Crippen molar-refractivity contribution in [3.8, 4) is 0 Å². The van der Waals surface area contributed by atoms with E-state index in [2.05, 4.69) is 4.99 Å². The van der Waals surface area contributed by atoms with Crippen molar-refractivity contribution in [3.05, 3.63) is 24.4 Å². The fraction of sp³-hybridized carbons (Fsp3) is 0.273. The molecule has 19 heavy (non-hydrogen) atoms. The van der Waals surface area contributed by atoms with Crippen molar-refractivity contribution in [1.29, 1.82) is 0 Å². The molecule has 0 saturated carbocycles. The second-order valence-corrected chi connectivity index (χ2v) is 3.90. The van der Waals surface area contributed by atoms with E-state index in [1.54, 1.807) is 18.2 Å². The molecule has 2 aliphatic heterocycles. The van der Waals surface area contributed by atoms with Crippen molar-refractivity contribution in [2.75, 3.05) is 0 Å². The van der Waals surface area contributed by atoms with Crippen LogP contribution in [0, 0.1) is 5.92 Å². The summed E-state index contributed by atoms with van der Waals surface area (Å²) in [5.74, 6) is -4.21. The Morgan fingerprint density at radius 2 is 2.05 bits per heavy atom. The molecule has 2 unspecified atom stereocenters. The summed E-state index contributed by atoms with van der Waals surface area (Å²) in [6, 6.07) is -1.09. The average molecular weight is 287 g/mol. The molecule has 7 nitrogen and oxygen atoms in total. The van der Waals surface area contributed by atoms with Crippen LogP contribution in [0.4, 0.5) is 0 Å². The molecule has 0 saturated heterocycles. The fourth-order valence-corrected chi connectivity index (χ4v) is 1.96. The summed E-state index contributed by atoms with van der Waals surface area (Å²) in [5, 5.41) is 17.8. The van der Waals surface area contributed by atoms with E-state index >= 15 is 0 Å². The monoisotopic (exact) mass is 286 g/mol. The van der Waals surface area contributed by atoms with Crippen molar-refractivity contribution in [3.63, 3.8) is 0 Å². The number of carboxylic acids is 2. The molecule has 2 atom stereocenters. The van der Waals surface area contributed by atoms with Crippen LogP contribution in [0.3, 0.4) is 0 Å². The topological polar surface area (TPSA) is 107 Å². The van der Waals surface area contributed by atoms with E-state index in [1.165, 1.54) is 11.1 Å². The van der Waals surface area contributed by atoms with Gasteiger partial charge in [-0.25, -0.2) is 0 Å². The molecule has 0 fully saturated rings. The highest BCUT2D eigenvalue weighted by molar-refractivity contribution is 6.11. The van der Waals surface area contributed by atoms with Gasteiger partial charge in [-0.05, 0) is 12.2 Å². The molecule has 102 valence electrons. The molecular formula is C11H11ClN2O5. The number of carbonyl (C=O) groups is 3. The minimum Gasteiger partial charge on any atom is -0.481 e. The van der Waals surface area contributed by atoms with Crippen LogP contribution in [0.15, 0.2) is 29.4 Å². The fourth-order valence-electron chi connectivity index (χ4n) is 1.96. The van der Waals surface area contributed by atoms with E-state index in [1.807, 2.05) is 0 Å². The number of rotatable bonds is 4. The third kappa shape index (κ3) is 2.82. The molecule has 0 aromatic heterocycles. The summed E-state index contributed by atoms with van der Waals surface area (Å²) in [7, 11) is 0. The Hall–Kier alpha value is -2.15. The number of hydrogen-bond acceptors (Lipinski definition) is 4. The number of nitrogens with zero attached hydrogens (tertiary/aromatic N) is 2. The highest BCUT2D eigenvalue weighted by Crippen LogP contribution is 2.25. The van der Waals surface area contributed by atoms with Crippen molar-refractivity contribution in [2.45, 2.75) is 12.5 Å². The van der Waals surface area contributed by atoms with Crippen LogP contribution in [0.1, 0.15) is 6.42 Å². The molecule has 2 N–H and O–H groups in total. The first-order valence-electron chi connectivity index (χ1n) is 5.21. The summed E-state index contributed by atoms with van der Waals surface area (Å²) >= 11 is 0. The summed E-state index contributed by atoms with van der Waals surface area (Å²) < 4.78 is 0. The van der Waals surface area contributed by atoms with E-state index in [0.717, 1.165) is 0 Å². The van der Waals surface area contributed by atoms with Crippen LogP contribution in [-0.2, 0) is 14.4 Å². The molecule has 0 aliphatic carbocycles. The van der Waals surface area contributed by atoms with Gasteiger partial charge in [-0.1, -0.05) is 6.08 Å². The Morgan fingerprint density at radius 1 is 1.37 bits per heavy atom. The van der Waals surface area contributed by atoms with Gasteiger partial charge in [0.05, 0.1) is 12.3 Å². The van der Waals surface area contributed by atoms with E-state index in [4.69, 9.17) is 10.2 Å². The third-order valence-electron chi connectivity index (χ3n) is 2.74. The first-order chi connectivity index (χ1) is 8.50. The van der Waals surface area contributed by atoms with Gasteiger partial charge in [0.15, 0.2) is 0 Å². The Bertz CT molecular complexity index is 511. The lowest BCUT2D eigenvalue weighted by Crippen LogP contribution is -2.44. The predicted molar refractivity (Wildman–Crippen MR) is 67.0 cm³/mol. The minimum absolute atomic E-state index is 0. The standard InChI is InChI=1S/C11H10N2O5.ClH/c14-8(15)5-6(11(17)18)9-10(16)12-7-3-1-2-4-13(7)9;/h1-4,6,9H,5H2,(H,14,15)(H,17,18);1H. The van der Waals surface area contributed by atoms with Gasteiger partial charge in [0, 0.05) is 6.20 Å². The number of allylic oxidation sites excluding steroid dienone is 2. The third-order valence-corrected chi connectivity index (χ3v) is 2.74.